The standard InChI is InChI=1S/C24H14ClF6N5O4S3/c25-15-3-2-13(17(7-15)23(26,27)28)9-36-18-4-1-12(5-14(18)8-32-36)6-19-20(37)35(22(38)42-19)10-16-11-41-21(33-16)34-43(39,40)24(29,30)31/h1-8,11H,9-10H2,(H,33,34). The Morgan fingerprint density at radius 1 is 1.02 bits per heavy atom. The third-order valence-electron chi connectivity index (χ3n) is 5.93. The SMILES string of the molecule is O=C1SC(=Cc2ccc3c(cnn3Cc3ccc(Cl)cc3C(F)(F)F)c2)C(=O)N1Cc1csc(NS(=O)(=O)C(F)(F)F)n1. The van der Waals surface area contributed by atoms with Crippen molar-refractivity contribution in [2.24, 2.45) is 0 Å². The van der Waals surface area contributed by atoms with E-state index in [0.29, 0.717) is 39.6 Å². The average Bonchev–Trinajstić information content (AvgIpc) is 3.58. The predicted molar refractivity (Wildman–Crippen MR) is 148 cm³/mol. The van der Waals surface area contributed by atoms with Crippen LogP contribution in [0.1, 0.15) is 22.4 Å². The number of sulfonamides is 1. The summed E-state index contributed by atoms with van der Waals surface area (Å²) in [6.07, 6.45) is -1.76. The number of amides is 2. The van der Waals surface area contributed by atoms with Crippen molar-refractivity contribution < 1.29 is 44.3 Å². The molecule has 0 aliphatic carbocycles. The van der Waals surface area contributed by atoms with Gasteiger partial charge < -0.3 is 0 Å². The number of carbonyl (C=O) groups excluding carboxylic acids is 2. The van der Waals surface area contributed by atoms with E-state index in [1.165, 1.54) is 39.2 Å². The Morgan fingerprint density at radius 3 is 2.47 bits per heavy atom. The molecule has 0 atom stereocenters. The van der Waals surface area contributed by atoms with Gasteiger partial charge in [0.25, 0.3) is 11.1 Å². The van der Waals surface area contributed by atoms with Crippen molar-refractivity contribution in [3.8, 4) is 0 Å². The topological polar surface area (TPSA) is 114 Å². The summed E-state index contributed by atoms with van der Waals surface area (Å²) in [5.74, 6) is -0.710. The van der Waals surface area contributed by atoms with Gasteiger partial charge in [0.15, 0.2) is 5.13 Å². The van der Waals surface area contributed by atoms with Crippen molar-refractivity contribution >= 4 is 78.0 Å². The van der Waals surface area contributed by atoms with Gasteiger partial charge in [-0.3, -0.25) is 23.9 Å². The van der Waals surface area contributed by atoms with Crippen LogP contribution in [0.3, 0.4) is 0 Å². The third kappa shape index (κ3) is 6.51. The fourth-order valence-corrected chi connectivity index (χ4v) is 6.45. The van der Waals surface area contributed by atoms with Crippen LogP contribution >= 0.6 is 34.7 Å². The minimum absolute atomic E-state index is 0.0170. The van der Waals surface area contributed by atoms with Gasteiger partial charge in [0.05, 0.1) is 41.0 Å². The van der Waals surface area contributed by atoms with Gasteiger partial charge >= 0.3 is 21.7 Å². The average molecular weight is 682 g/mol. The number of thioether (sulfide) groups is 1. The summed E-state index contributed by atoms with van der Waals surface area (Å²) in [4.78, 5) is 30.0. The summed E-state index contributed by atoms with van der Waals surface area (Å²) < 4.78 is 104. The first-order valence-corrected chi connectivity index (χ1v) is 15.2. The normalized spacial score (nSPS) is 15.7. The van der Waals surface area contributed by atoms with Crippen LogP contribution in [0.25, 0.3) is 17.0 Å². The van der Waals surface area contributed by atoms with E-state index in [-0.39, 0.29) is 27.7 Å². The zero-order valence-corrected chi connectivity index (χ0v) is 24.1. The first-order chi connectivity index (χ1) is 20.0. The zero-order chi connectivity index (χ0) is 31.3. The van der Waals surface area contributed by atoms with Gasteiger partial charge in [-0.25, -0.2) is 4.98 Å². The monoisotopic (exact) mass is 681 g/mol. The van der Waals surface area contributed by atoms with E-state index in [1.54, 1.807) is 18.2 Å². The molecule has 2 aromatic heterocycles. The number of halogens is 7. The molecule has 0 saturated carbocycles. The molecule has 1 saturated heterocycles. The van der Waals surface area contributed by atoms with Crippen LogP contribution in [0.15, 0.2) is 52.9 Å². The number of carbonyl (C=O) groups is 2. The maximum atomic E-state index is 13.5. The second-order valence-corrected chi connectivity index (χ2v) is 12.8. The van der Waals surface area contributed by atoms with Crippen molar-refractivity contribution in [1.29, 1.82) is 0 Å². The summed E-state index contributed by atoms with van der Waals surface area (Å²) in [5.41, 5.74) is -5.49. The number of hydrogen-bond donors (Lipinski definition) is 1. The largest absolute Gasteiger partial charge is 0.516 e. The number of alkyl halides is 6. The summed E-state index contributed by atoms with van der Waals surface area (Å²) in [6, 6.07) is 8.28. The number of benzene rings is 2. The molecule has 2 aromatic carbocycles. The van der Waals surface area contributed by atoms with E-state index in [1.807, 2.05) is 0 Å². The van der Waals surface area contributed by atoms with Crippen molar-refractivity contribution in [3.63, 3.8) is 0 Å². The number of nitrogens with zero attached hydrogens (tertiary/aromatic N) is 4. The molecule has 43 heavy (non-hydrogen) atoms. The van der Waals surface area contributed by atoms with Crippen LogP contribution in [-0.2, 0) is 34.1 Å². The predicted octanol–water partition coefficient (Wildman–Crippen LogP) is 6.71. The zero-order valence-electron chi connectivity index (χ0n) is 20.9. The molecule has 226 valence electrons. The number of hydrogen-bond acceptors (Lipinski definition) is 8. The molecule has 1 aliphatic rings. The van der Waals surface area contributed by atoms with Crippen LogP contribution in [0.2, 0.25) is 5.02 Å². The highest BCUT2D eigenvalue weighted by Gasteiger charge is 2.46. The Hall–Kier alpha value is -3.61. The molecular weight excluding hydrogens is 668 g/mol. The Balaban J connectivity index is 1.32. The lowest BCUT2D eigenvalue weighted by Gasteiger charge is -2.14. The highest BCUT2D eigenvalue weighted by Crippen LogP contribution is 2.36. The minimum atomic E-state index is -5.69. The van der Waals surface area contributed by atoms with E-state index in [9.17, 15) is 44.3 Å². The van der Waals surface area contributed by atoms with E-state index >= 15 is 0 Å². The molecule has 9 nitrogen and oxygen atoms in total. The first kappa shape index (κ1) is 30.8. The smallest absolute Gasteiger partial charge is 0.268 e. The molecule has 0 spiro atoms. The molecular formula is C24H14ClF6N5O4S3. The molecule has 2 amide bonds. The number of nitrogens with one attached hydrogen (secondary N) is 1. The number of imide groups is 1. The van der Waals surface area contributed by atoms with Gasteiger partial charge in [-0.2, -0.15) is 39.9 Å². The Morgan fingerprint density at radius 2 is 1.77 bits per heavy atom. The number of anilines is 1. The highest BCUT2D eigenvalue weighted by molar-refractivity contribution is 8.18. The molecule has 1 N–H and O–H groups in total. The van der Waals surface area contributed by atoms with Crippen LogP contribution in [0.5, 0.6) is 0 Å². The highest BCUT2D eigenvalue weighted by atomic mass is 35.5. The van der Waals surface area contributed by atoms with Crippen molar-refractivity contribution in [3.05, 3.63) is 80.3 Å². The van der Waals surface area contributed by atoms with E-state index in [4.69, 9.17) is 11.6 Å². The quantitative estimate of drug-likeness (QED) is 0.170. The molecule has 1 aliphatic heterocycles. The van der Waals surface area contributed by atoms with Gasteiger partial charge in [-0.1, -0.05) is 23.7 Å². The Labute approximate surface area is 251 Å². The second kappa shape index (κ2) is 11.1. The van der Waals surface area contributed by atoms with Crippen molar-refractivity contribution in [2.45, 2.75) is 24.8 Å². The van der Waals surface area contributed by atoms with Crippen molar-refractivity contribution in [1.82, 2.24) is 19.7 Å². The Kier molecular flexibility index (Phi) is 7.99. The van der Waals surface area contributed by atoms with Crippen LogP contribution < -0.4 is 4.72 Å². The fraction of sp³-hybridized carbons (Fsp3) is 0.167. The number of rotatable bonds is 7. The van der Waals surface area contributed by atoms with E-state index in [0.717, 1.165) is 11.0 Å². The molecule has 0 unspecified atom stereocenters. The van der Waals surface area contributed by atoms with Crippen LogP contribution in [0, 0.1) is 0 Å². The lowest BCUT2D eigenvalue weighted by Crippen LogP contribution is -2.30. The molecule has 0 radical (unpaired) electrons. The lowest BCUT2D eigenvalue weighted by atomic mass is 10.1. The van der Waals surface area contributed by atoms with Gasteiger partial charge in [0.1, 0.15) is 0 Å². The summed E-state index contributed by atoms with van der Waals surface area (Å²) in [7, 11) is -5.69. The van der Waals surface area contributed by atoms with Gasteiger partial charge in [0, 0.05) is 15.8 Å². The lowest BCUT2D eigenvalue weighted by molar-refractivity contribution is -0.138. The summed E-state index contributed by atoms with van der Waals surface area (Å²) in [5, 5.41) is 4.61. The molecule has 1 fully saturated rings. The maximum absolute atomic E-state index is 13.5. The van der Waals surface area contributed by atoms with Gasteiger partial charge in [0.2, 0.25) is 0 Å². The molecule has 19 heteroatoms. The van der Waals surface area contributed by atoms with Crippen molar-refractivity contribution in [2.75, 3.05) is 4.72 Å². The molecule has 5 rings (SSSR count). The number of fused-ring (bicyclic) bond motifs is 1. The molecule has 0 bridgehead atoms. The minimum Gasteiger partial charge on any atom is -0.268 e. The third-order valence-corrected chi connectivity index (χ3v) is 9.08. The Bertz CT molecular complexity index is 1900. The van der Waals surface area contributed by atoms with Gasteiger partial charge in [-0.05, 0) is 53.2 Å². The summed E-state index contributed by atoms with van der Waals surface area (Å²) in [6.45, 7) is -0.605. The van der Waals surface area contributed by atoms with Gasteiger partial charge in [-0.15, -0.1) is 11.3 Å². The second-order valence-electron chi connectivity index (χ2n) is 8.88. The maximum Gasteiger partial charge on any atom is 0.516 e. The van der Waals surface area contributed by atoms with E-state index < -0.39 is 50.1 Å². The fourth-order valence-electron chi connectivity index (χ4n) is 3.98. The molecule has 3 heterocycles. The number of thiazole rings is 1. The van der Waals surface area contributed by atoms with E-state index in [2.05, 4.69) is 10.1 Å². The van der Waals surface area contributed by atoms with Crippen LogP contribution in [0.4, 0.5) is 36.3 Å². The van der Waals surface area contributed by atoms with Crippen LogP contribution in [-0.4, -0.2) is 44.7 Å². The number of aromatic nitrogens is 3. The summed E-state index contributed by atoms with van der Waals surface area (Å²) >= 11 is 6.91. The molecule has 4 aromatic rings. The first-order valence-electron chi connectivity index (χ1n) is 11.6.